The Morgan fingerprint density at radius 2 is 2.33 bits per heavy atom. The molecule has 0 aromatic heterocycles. The van der Waals surface area contributed by atoms with Gasteiger partial charge in [-0.3, -0.25) is 0 Å². The minimum absolute atomic E-state index is 1.76. The number of hydrogen-bond donors (Lipinski definition) is 1. The molecule has 0 saturated carbocycles. The lowest BCUT2D eigenvalue weighted by Crippen LogP contribution is -1.82. The summed E-state index contributed by atoms with van der Waals surface area (Å²) in [5, 5.41) is 7.24. The Morgan fingerprint density at radius 1 is 1.83 bits per heavy atom. The molecule has 0 heterocycles. The van der Waals surface area contributed by atoms with Crippen LogP contribution in [-0.2, 0) is 15.6 Å². The van der Waals surface area contributed by atoms with Gasteiger partial charge in [-0.1, -0.05) is 0 Å². The van der Waals surface area contributed by atoms with Crippen molar-refractivity contribution in [1.82, 2.24) is 0 Å². The first-order chi connectivity index (χ1) is 2.81. The van der Waals surface area contributed by atoms with Crippen LogP contribution in [0.15, 0.2) is 4.58 Å². The molecule has 1 N–H and O–H groups in total. The van der Waals surface area contributed by atoms with Gasteiger partial charge in [-0.05, 0) is 0 Å². The second-order valence-electron chi connectivity index (χ2n) is 0.366. The van der Waals surface area contributed by atoms with Gasteiger partial charge in [0.25, 0.3) is 0 Å². The van der Waals surface area contributed by atoms with Crippen LogP contribution in [0.1, 0.15) is 0 Å². The zero-order chi connectivity index (χ0) is 4.99. The standard InChI is InChI=1S/HNO4S/c2-1-6(4)5-3/h3H. The summed E-state index contributed by atoms with van der Waals surface area (Å²) in [6, 6.07) is 0. The molecule has 0 spiro atoms. The Hall–Kier alpha value is -0.330. The lowest BCUT2D eigenvalue weighted by molar-refractivity contribution is -0.124. The molecule has 0 rings (SSSR count). The highest BCUT2D eigenvalue weighted by Gasteiger charge is 1.89. The van der Waals surface area contributed by atoms with Crippen LogP contribution < -0.4 is 0 Å². The molecule has 5 nitrogen and oxygen atoms in total. The summed E-state index contributed by atoms with van der Waals surface area (Å²) in [6.07, 6.45) is 0. The van der Waals surface area contributed by atoms with Crippen LogP contribution in [0.3, 0.4) is 0 Å². The third-order valence-electron chi connectivity index (χ3n) is 0.125. The molecule has 36 valence electrons. The average Bonchev–Trinajstić information content (AvgIpc) is 1.65. The Bertz CT molecular complexity index is 67.9. The van der Waals surface area contributed by atoms with E-state index >= 15 is 0 Å². The van der Waals surface area contributed by atoms with E-state index in [1.807, 2.05) is 0 Å². The Morgan fingerprint density at radius 3 is 2.33 bits per heavy atom. The molecule has 0 saturated heterocycles. The third-order valence-corrected chi connectivity index (χ3v) is 0.374. The van der Waals surface area contributed by atoms with Crippen molar-refractivity contribution in [3.05, 3.63) is 4.91 Å². The highest BCUT2D eigenvalue weighted by atomic mass is 32.2. The largest absolute Gasteiger partial charge is 0.350 e. The molecule has 0 fully saturated rings. The van der Waals surface area contributed by atoms with E-state index in [9.17, 15) is 4.21 Å². The Labute approximate surface area is 35.6 Å². The minimum atomic E-state index is -2.41. The first kappa shape index (κ1) is 5.67. The van der Waals surface area contributed by atoms with E-state index in [0.717, 1.165) is 0 Å². The van der Waals surface area contributed by atoms with E-state index in [4.69, 9.17) is 10.2 Å². The SMILES string of the molecule is O=NS(=O)OO. The maximum atomic E-state index is 9.34. The highest BCUT2D eigenvalue weighted by Crippen LogP contribution is 1.76. The smallest absolute Gasteiger partial charge is 0.235 e. The molecule has 0 bridgehead atoms. The molecule has 1 unspecified atom stereocenters. The van der Waals surface area contributed by atoms with Crippen LogP contribution >= 0.6 is 0 Å². The van der Waals surface area contributed by atoms with Crippen LogP contribution in [0, 0.1) is 4.91 Å². The Balaban J connectivity index is 3.23. The van der Waals surface area contributed by atoms with E-state index in [-0.39, 0.29) is 0 Å². The van der Waals surface area contributed by atoms with Gasteiger partial charge in [0, 0.05) is 0 Å². The molecule has 6 heteroatoms. The normalized spacial score (nSPS) is 13.5. The van der Waals surface area contributed by atoms with E-state index in [0.29, 0.717) is 0 Å². The van der Waals surface area contributed by atoms with Crippen molar-refractivity contribution in [3.63, 3.8) is 0 Å². The molecule has 1 atom stereocenters. The summed E-state index contributed by atoms with van der Waals surface area (Å²) in [6.45, 7) is 0. The summed E-state index contributed by atoms with van der Waals surface area (Å²) in [5.41, 5.74) is 0. The van der Waals surface area contributed by atoms with Crippen LogP contribution in [0.4, 0.5) is 0 Å². The molecular weight excluding hydrogens is 110 g/mol. The fraction of sp³-hybridized carbons (Fsp3) is 0. The van der Waals surface area contributed by atoms with Gasteiger partial charge in [0.1, 0.15) is 0 Å². The van der Waals surface area contributed by atoms with E-state index in [2.05, 4.69) is 4.33 Å². The van der Waals surface area contributed by atoms with Gasteiger partial charge >= 0.3 is 11.3 Å². The highest BCUT2D eigenvalue weighted by molar-refractivity contribution is 7.78. The van der Waals surface area contributed by atoms with Crippen molar-refractivity contribution in [2.45, 2.75) is 0 Å². The molecular formula is HNO4S. The minimum Gasteiger partial charge on any atom is -0.235 e. The van der Waals surface area contributed by atoms with Crippen molar-refractivity contribution in [3.8, 4) is 0 Å². The monoisotopic (exact) mass is 111 g/mol. The second-order valence-corrected chi connectivity index (χ2v) is 1.10. The molecule has 0 amide bonds. The molecule has 0 aromatic rings. The molecule has 0 aliphatic heterocycles. The lowest BCUT2D eigenvalue weighted by Gasteiger charge is -1.72. The summed E-state index contributed by atoms with van der Waals surface area (Å²) in [7, 11) is 0. The van der Waals surface area contributed by atoms with Gasteiger partial charge in [0.05, 0.1) is 4.58 Å². The zero-order valence-electron chi connectivity index (χ0n) is 2.53. The van der Waals surface area contributed by atoms with Crippen molar-refractivity contribution < 1.29 is 13.8 Å². The van der Waals surface area contributed by atoms with Gasteiger partial charge in [-0.25, -0.2) is 5.26 Å². The summed E-state index contributed by atoms with van der Waals surface area (Å²) in [4.78, 5) is 8.90. The molecule has 0 aliphatic carbocycles. The van der Waals surface area contributed by atoms with Crippen molar-refractivity contribution in [2.24, 2.45) is 4.58 Å². The fourth-order valence-corrected chi connectivity index (χ4v) is 0.0408. The fourth-order valence-electron chi connectivity index (χ4n) is 0.0136. The van der Waals surface area contributed by atoms with Gasteiger partial charge in [-0.2, -0.15) is 4.21 Å². The summed E-state index contributed by atoms with van der Waals surface area (Å²) < 4.78 is 14.0. The quantitative estimate of drug-likeness (QED) is 0.304. The number of rotatable bonds is 2. The first-order valence-corrected chi connectivity index (χ1v) is 1.91. The molecule has 0 aliphatic rings. The van der Waals surface area contributed by atoms with E-state index < -0.39 is 11.3 Å². The van der Waals surface area contributed by atoms with Crippen molar-refractivity contribution in [1.29, 1.82) is 0 Å². The predicted molar refractivity (Wildman–Crippen MR) is 17.7 cm³/mol. The maximum Gasteiger partial charge on any atom is 0.350 e. The average molecular weight is 111 g/mol. The Kier molecular flexibility index (Phi) is 2.73. The zero-order valence-corrected chi connectivity index (χ0v) is 3.34. The maximum absolute atomic E-state index is 9.34. The third kappa shape index (κ3) is 1.94. The first-order valence-electron chi connectivity index (χ1n) is 0.881. The van der Waals surface area contributed by atoms with Gasteiger partial charge in [-0.15, -0.1) is 9.24 Å². The van der Waals surface area contributed by atoms with E-state index in [1.54, 1.807) is 4.58 Å². The van der Waals surface area contributed by atoms with Crippen LogP contribution in [0.5, 0.6) is 0 Å². The lowest BCUT2D eigenvalue weighted by atomic mass is 13.7. The molecule has 0 radical (unpaired) electrons. The van der Waals surface area contributed by atoms with Gasteiger partial charge < -0.3 is 0 Å². The van der Waals surface area contributed by atoms with Crippen LogP contribution in [0.25, 0.3) is 0 Å². The van der Waals surface area contributed by atoms with Crippen LogP contribution in [0.2, 0.25) is 0 Å². The van der Waals surface area contributed by atoms with Crippen molar-refractivity contribution >= 4 is 11.3 Å². The van der Waals surface area contributed by atoms with E-state index in [1.165, 1.54) is 0 Å². The van der Waals surface area contributed by atoms with Gasteiger partial charge in [0.15, 0.2) is 0 Å². The number of nitroso groups, excluding NO2 is 1. The number of hydrogen-bond acceptors (Lipinski definition) is 4. The van der Waals surface area contributed by atoms with Crippen molar-refractivity contribution in [2.75, 3.05) is 0 Å². The van der Waals surface area contributed by atoms with Gasteiger partial charge in [0.2, 0.25) is 0 Å². The number of nitrogens with zero attached hydrogens (tertiary/aromatic N) is 1. The second kappa shape index (κ2) is 2.88. The predicted octanol–water partition coefficient (Wildman–Crippen LogP) is -0.179. The van der Waals surface area contributed by atoms with Crippen LogP contribution in [-0.4, -0.2) is 9.47 Å². The topological polar surface area (TPSA) is 76.0 Å². The summed E-state index contributed by atoms with van der Waals surface area (Å²) in [5.74, 6) is 0. The summed E-state index contributed by atoms with van der Waals surface area (Å²) >= 11 is -2.41. The molecule has 6 heavy (non-hydrogen) atoms. The molecule has 0 aromatic carbocycles.